The highest BCUT2D eigenvalue weighted by Gasteiger charge is 2.24. The third-order valence-electron chi connectivity index (χ3n) is 3.98. The van der Waals surface area contributed by atoms with Crippen molar-refractivity contribution in [1.82, 2.24) is 15.1 Å². The zero-order valence-corrected chi connectivity index (χ0v) is 14.7. The highest BCUT2D eigenvalue weighted by atomic mass is 16.2. The lowest BCUT2D eigenvalue weighted by molar-refractivity contribution is -0.134. The van der Waals surface area contributed by atoms with Crippen molar-refractivity contribution in [3.05, 3.63) is 0 Å². The Morgan fingerprint density at radius 1 is 1.24 bits per heavy atom. The van der Waals surface area contributed by atoms with E-state index in [1.165, 1.54) is 12.8 Å². The van der Waals surface area contributed by atoms with E-state index in [4.69, 9.17) is 0 Å². The Kier molecular flexibility index (Phi) is 8.27. The smallest absolute Gasteiger partial charge is 0.236 e. The number of likely N-dealkylation sites (tertiary alicyclic amines) is 1. The maximum atomic E-state index is 12.6. The van der Waals surface area contributed by atoms with Gasteiger partial charge in [-0.2, -0.15) is 0 Å². The molecule has 0 bridgehead atoms. The average molecular weight is 297 g/mol. The molecule has 0 radical (unpaired) electrons. The van der Waals surface area contributed by atoms with Crippen molar-refractivity contribution in [2.45, 2.75) is 40.5 Å². The topological polar surface area (TPSA) is 35.6 Å². The summed E-state index contributed by atoms with van der Waals surface area (Å²) >= 11 is 0. The van der Waals surface area contributed by atoms with Crippen LogP contribution in [0.3, 0.4) is 0 Å². The summed E-state index contributed by atoms with van der Waals surface area (Å²) in [4.78, 5) is 17.0. The van der Waals surface area contributed by atoms with Gasteiger partial charge in [-0.1, -0.05) is 27.7 Å². The molecule has 4 nitrogen and oxygen atoms in total. The summed E-state index contributed by atoms with van der Waals surface area (Å²) in [5.74, 6) is 2.07. The number of piperidine rings is 1. The first-order valence-corrected chi connectivity index (χ1v) is 8.57. The Bertz CT molecular complexity index is 292. The average Bonchev–Trinajstić information content (AvgIpc) is 2.37. The minimum atomic E-state index is 0.308. The molecule has 0 aliphatic carbocycles. The first-order chi connectivity index (χ1) is 9.92. The number of hydrogen-bond acceptors (Lipinski definition) is 3. The molecule has 1 heterocycles. The second kappa shape index (κ2) is 9.42. The van der Waals surface area contributed by atoms with Crippen molar-refractivity contribution in [3.8, 4) is 0 Å². The predicted octanol–water partition coefficient (Wildman–Crippen LogP) is 2.06. The molecule has 1 aliphatic heterocycles. The van der Waals surface area contributed by atoms with Crippen LogP contribution in [0.1, 0.15) is 40.5 Å². The highest BCUT2D eigenvalue weighted by Crippen LogP contribution is 2.16. The maximum absolute atomic E-state index is 12.6. The van der Waals surface area contributed by atoms with Gasteiger partial charge >= 0.3 is 0 Å². The van der Waals surface area contributed by atoms with E-state index >= 15 is 0 Å². The molecule has 1 saturated heterocycles. The molecule has 1 unspecified atom stereocenters. The first-order valence-electron chi connectivity index (χ1n) is 8.57. The second-order valence-electron chi connectivity index (χ2n) is 7.39. The summed E-state index contributed by atoms with van der Waals surface area (Å²) in [6, 6.07) is 0. The number of rotatable bonds is 8. The number of carbonyl (C=O) groups is 1. The molecular weight excluding hydrogens is 262 g/mol. The van der Waals surface area contributed by atoms with Gasteiger partial charge in [0.15, 0.2) is 0 Å². The quantitative estimate of drug-likeness (QED) is 0.745. The van der Waals surface area contributed by atoms with E-state index in [1.807, 2.05) is 7.05 Å². The van der Waals surface area contributed by atoms with Crippen molar-refractivity contribution < 1.29 is 4.79 Å². The molecule has 0 aromatic rings. The Hall–Kier alpha value is -0.610. The van der Waals surface area contributed by atoms with E-state index in [1.54, 1.807) is 0 Å². The van der Waals surface area contributed by atoms with Crippen LogP contribution in [0.4, 0.5) is 0 Å². The molecule has 21 heavy (non-hydrogen) atoms. The van der Waals surface area contributed by atoms with Gasteiger partial charge in [-0.3, -0.25) is 9.69 Å². The van der Waals surface area contributed by atoms with E-state index in [9.17, 15) is 4.79 Å². The van der Waals surface area contributed by atoms with Crippen molar-refractivity contribution >= 4 is 5.91 Å². The molecule has 1 amide bonds. The van der Waals surface area contributed by atoms with Gasteiger partial charge in [-0.15, -0.1) is 0 Å². The SMILES string of the molecule is CNCC1CCCN(CC(=O)N(CC(C)C)CC(C)C)C1. The molecule has 1 atom stereocenters. The zero-order chi connectivity index (χ0) is 15.8. The molecule has 4 heteroatoms. The summed E-state index contributed by atoms with van der Waals surface area (Å²) in [6.45, 7) is 14.3. The first kappa shape index (κ1) is 18.4. The van der Waals surface area contributed by atoms with Gasteiger partial charge in [-0.25, -0.2) is 0 Å². The molecule has 1 aliphatic rings. The van der Waals surface area contributed by atoms with Crippen molar-refractivity contribution in [3.63, 3.8) is 0 Å². The van der Waals surface area contributed by atoms with Gasteiger partial charge in [-0.05, 0) is 50.7 Å². The number of nitrogens with zero attached hydrogens (tertiary/aromatic N) is 2. The van der Waals surface area contributed by atoms with Crippen molar-refractivity contribution in [2.24, 2.45) is 17.8 Å². The minimum Gasteiger partial charge on any atom is -0.341 e. The van der Waals surface area contributed by atoms with Crippen molar-refractivity contribution in [2.75, 3.05) is 46.3 Å². The third kappa shape index (κ3) is 7.28. The lowest BCUT2D eigenvalue weighted by Gasteiger charge is -2.34. The van der Waals surface area contributed by atoms with Gasteiger partial charge in [0, 0.05) is 19.6 Å². The Morgan fingerprint density at radius 3 is 2.38 bits per heavy atom. The van der Waals surface area contributed by atoms with Crippen LogP contribution in [0.2, 0.25) is 0 Å². The predicted molar refractivity (Wildman–Crippen MR) is 89.3 cm³/mol. The number of hydrogen-bond donors (Lipinski definition) is 1. The normalized spacial score (nSPS) is 20.2. The largest absolute Gasteiger partial charge is 0.341 e. The van der Waals surface area contributed by atoms with Crippen LogP contribution in [0.15, 0.2) is 0 Å². The number of amides is 1. The fraction of sp³-hybridized carbons (Fsp3) is 0.941. The van der Waals surface area contributed by atoms with Gasteiger partial charge in [0.25, 0.3) is 0 Å². The van der Waals surface area contributed by atoms with E-state index in [-0.39, 0.29) is 0 Å². The third-order valence-corrected chi connectivity index (χ3v) is 3.98. The zero-order valence-electron chi connectivity index (χ0n) is 14.7. The van der Waals surface area contributed by atoms with E-state index in [0.717, 1.165) is 32.7 Å². The molecule has 0 aromatic heterocycles. The maximum Gasteiger partial charge on any atom is 0.236 e. The van der Waals surface area contributed by atoms with Gasteiger partial charge in [0.1, 0.15) is 0 Å². The summed E-state index contributed by atoms with van der Waals surface area (Å²) in [6.07, 6.45) is 2.50. The van der Waals surface area contributed by atoms with Crippen LogP contribution in [0.25, 0.3) is 0 Å². The second-order valence-corrected chi connectivity index (χ2v) is 7.39. The monoisotopic (exact) mass is 297 g/mol. The molecule has 0 spiro atoms. The molecule has 124 valence electrons. The van der Waals surface area contributed by atoms with Crippen LogP contribution in [0.5, 0.6) is 0 Å². The van der Waals surface area contributed by atoms with Gasteiger partial charge in [0.2, 0.25) is 5.91 Å². The minimum absolute atomic E-state index is 0.308. The molecular formula is C17H35N3O. The lowest BCUT2D eigenvalue weighted by atomic mass is 9.98. The fourth-order valence-corrected chi connectivity index (χ4v) is 3.20. The van der Waals surface area contributed by atoms with Crippen LogP contribution in [0, 0.1) is 17.8 Å². The lowest BCUT2D eigenvalue weighted by Crippen LogP contribution is -2.47. The summed E-state index contributed by atoms with van der Waals surface area (Å²) in [7, 11) is 2.01. The van der Waals surface area contributed by atoms with Crippen LogP contribution >= 0.6 is 0 Å². The number of nitrogens with one attached hydrogen (secondary N) is 1. The van der Waals surface area contributed by atoms with Gasteiger partial charge < -0.3 is 10.2 Å². The molecule has 1 rings (SSSR count). The van der Waals surface area contributed by atoms with Crippen molar-refractivity contribution in [1.29, 1.82) is 0 Å². The Balaban J connectivity index is 2.50. The Labute approximate surface area is 131 Å². The van der Waals surface area contributed by atoms with Crippen LogP contribution in [-0.4, -0.2) is 62.0 Å². The summed E-state index contributed by atoms with van der Waals surface area (Å²) in [5.41, 5.74) is 0. The molecule has 1 N–H and O–H groups in total. The summed E-state index contributed by atoms with van der Waals surface area (Å²) < 4.78 is 0. The standard InChI is InChI=1S/C17H35N3O/c1-14(2)10-20(11-15(3)4)17(21)13-19-8-6-7-16(12-19)9-18-5/h14-16,18H,6-13H2,1-5H3. The van der Waals surface area contributed by atoms with Gasteiger partial charge in [0.05, 0.1) is 6.54 Å². The Morgan fingerprint density at radius 2 is 1.86 bits per heavy atom. The molecule has 0 aromatic carbocycles. The van der Waals surface area contributed by atoms with E-state index in [0.29, 0.717) is 30.2 Å². The number of carbonyl (C=O) groups excluding carboxylic acids is 1. The highest BCUT2D eigenvalue weighted by molar-refractivity contribution is 5.78. The van der Waals surface area contributed by atoms with E-state index < -0.39 is 0 Å². The van der Waals surface area contributed by atoms with E-state index in [2.05, 4.69) is 42.8 Å². The van der Waals surface area contributed by atoms with Crippen LogP contribution in [-0.2, 0) is 4.79 Å². The molecule has 1 fully saturated rings. The fourth-order valence-electron chi connectivity index (χ4n) is 3.20. The van der Waals surface area contributed by atoms with Crippen LogP contribution < -0.4 is 5.32 Å². The summed E-state index contributed by atoms with van der Waals surface area (Å²) in [5, 5.41) is 3.26. The molecule has 0 saturated carbocycles.